The molecule has 0 aliphatic rings. The predicted molar refractivity (Wildman–Crippen MR) is 106 cm³/mol. The van der Waals surface area contributed by atoms with Gasteiger partial charge >= 0.3 is 0 Å². The van der Waals surface area contributed by atoms with Gasteiger partial charge in [0, 0.05) is 6.54 Å². The highest BCUT2D eigenvalue weighted by atomic mass is 35.5. The Balaban J connectivity index is 1.88. The lowest BCUT2D eigenvalue weighted by Gasteiger charge is -2.18. The van der Waals surface area contributed by atoms with Gasteiger partial charge in [0.15, 0.2) is 0 Å². The van der Waals surface area contributed by atoms with E-state index in [9.17, 15) is 4.79 Å². The summed E-state index contributed by atoms with van der Waals surface area (Å²) >= 11 is 6.24. The molecule has 0 saturated heterocycles. The minimum absolute atomic E-state index is 0.0924. The number of nitrogens with zero attached hydrogens (tertiary/aromatic N) is 4. The minimum Gasteiger partial charge on any atom is -0.320 e. The van der Waals surface area contributed by atoms with E-state index < -0.39 is 0 Å². The number of carbonyl (C=O) groups excluding carboxylic acids is 1. The van der Waals surface area contributed by atoms with Crippen molar-refractivity contribution in [3.05, 3.63) is 76.3 Å². The Morgan fingerprint density at radius 2 is 1.89 bits per heavy atom. The van der Waals surface area contributed by atoms with E-state index in [1.165, 1.54) is 0 Å². The van der Waals surface area contributed by atoms with Gasteiger partial charge in [-0.2, -0.15) is 0 Å². The Labute approximate surface area is 163 Å². The van der Waals surface area contributed by atoms with Gasteiger partial charge in [0.05, 0.1) is 17.3 Å². The number of terminal acetylenes is 1. The molecule has 0 aliphatic carbocycles. The van der Waals surface area contributed by atoms with Gasteiger partial charge in [-0.1, -0.05) is 59.5 Å². The molecule has 2 aromatic carbocycles. The number of halogens is 1. The quantitative estimate of drug-likeness (QED) is 0.634. The highest BCUT2D eigenvalue weighted by Gasteiger charge is 2.22. The molecule has 0 saturated carbocycles. The lowest BCUT2D eigenvalue weighted by atomic mass is 10.1. The van der Waals surface area contributed by atoms with E-state index in [2.05, 4.69) is 16.0 Å². The van der Waals surface area contributed by atoms with Crippen molar-refractivity contribution in [2.45, 2.75) is 20.4 Å². The second-order valence-electron chi connectivity index (χ2n) is 6.20. The van der Waals surface area contributed by atoms with Gasteiger partial charge in [-0.3, -0.25) is 4.79 Å². The molecular formula is C21H19ClN4O. The Kier molecular flexibility index (Phi) is 5.58. The van der Waals surface area contributed by atoms with Crippen molar-refractivity contribution in [3.8, 4) is 18.0 Å². The summed E-state index contributed by atoms with van der Waals surface area (Å²) in [4.78, 5) is 18.8. The first-order valence-electron chi connectivity index (χ1n) is 8.46. The van der Waals surface area contributed by atoms with Crippen LogP contribution in [0.4, 0.5) is 0 Å². The Hall–Kier alpha value is -3.10. The van der Waals surface area contributed by atoms with Crippen molar-refractivity contribution < 1.29 is 4.79 Å². The van der Waals surface area contributed by atoms with Crippen molar-refractivity contribution in [1.29, 1.82) is 0 Å². The van der Waals surface area contributed by atoms with Gasteiger partial charge in [-0.25, -0.2) is 9.67 Å². The molecule has 0 spiro atoms. The molecule has 6 heteroatoms. The van der Waals surface area contributed by atoms with Crippen LogP contribution in [0.2, 0.25) is 5.02 Å². The maximum atomic E-state index is 12.9. The maximum absolute atomic E-state index is 12.9. The summed E-state index contributed by atoms with van der Waals surface area (Å²) in [5.41, 5.74) is 2.82. The maximum Gasteiger partial charge on any atom is 0.294 e. The second kappa shape index (κ2) is 8.07. The molecule has 27 heavy (non-hydrogen) atoms. The number of hydrogen-bond donors (Lipinski definition) is 0. The molecule has 1 amide bonds. The number of aromatic nitrogens is 3. The van der Waals surface area contributed by atoms with E-state index in [0.29, 0.717) is 23.1 Å². The van der Waals surface area contributed by atoms with Crippen LogP contribution >= 0.6 is 11.6 Å². The third-order valence-corrected chi connectivity index (χ3v) is 4.42. The predicted octanol–water partition coefficient (Wildman–Crippen LogP) is 3.81. The lowest BCUT2D eigenvalue weighted by Crippen LogP contribution is -2.31. The number of benzene rings is 2. The van der Waals surface area contributed by atoms with E-state index in [1.54, 1.807) is 22.6 Å². The summed E-state index contributed by atoms with van der Waals surface area (Å²) in [7, 11) is 0. The molecule has 0 radical (unpaired) electrons. The van der Waals surface area contributed by atoms with Gasteiger partial charge in [0.25, 0.3) is 5.91 Å². The second-order valence-corrected chi connectivity index (χ2v) is 6.60. The summed E-state index contributed by atoms with van der Waals surface area (Å²) < 4.78 is 1.56. The van der Waals surface area contributed by atoms with E-state index in [0.717, 1.165) is 11.1 Å². The summed E-state index contributed by atoms with van der Waals surface area (Å²) in [5, 5.41) is 4.89. The third-order valence-electron chi connectivity index (χ3n) is 4.10. The molecule has 136 valence electrons. The van der Waals surface area contributed by atoms with E-state index >= 15 is 0 Å². The molecule has 0 atom stereocenters. The van der Waals surface area contributed by atoms with Gasteiger partial charge in [0.1, 0.15) is 5.82 Å². The Morgan fingerprint density at radius 3 is 2.56 bits per heavy atom. The first-order valence-corrected chi connectivity index (χ1v) is 8.84. The monoisotopic (exact) mass is 378 g/mol. The molecule has 1 aromatic heterocycles. The van der Waals surface area contributed by atoms with Crippen LogP contribution in [0.25, 0.3) is 5.69 Å². The first-order chi connectivity index (χ1) is 13.0. The fraction of sp³-hybridized carbons (Fsp3) is 0.190. The number of hydrogen-bond acceptors (Lipinski definition) is 3. The molecule has 0 unspecified atom stereocenters. The Morgan fingerprint density at radius 1 is 1.19 bits per heavy atom. The van der Waals surface area contributed by atoms with Crippen molar-refractivity contribution in [1.82, 2.24) is 19.7 Å². The average molecular weight is 379 g/mol. The zero-order valence-electron chi connectivity index (χ0n) is 15.2. The lowest BCUT2D eigenvalue weighted by molar-refractivity contribution is 0.0753. The third kappa shape index (κ3) is 4.18. The van der Waals surface area contributed by atoms with Crippen molar-refractivity contribution in [2.24, 2.45) is 0 Å². The SMILES string of the molecule is C#CCN(Cc1ccc(C)cc1)C(=O)c1nc(C)n(-c2ccccc2Cl)n1. The van der Waals surface area contributed by atoms with Crippen LogP contribution in [0, 0.1) is 26.2 Å². The van der Waals surface area contributed by atoms with Crippen molar-refractivity contribution >= 4 is 17.5 Å². The van der Waals surface area contributed by atoms with Gasteiger partial charge in [-0.05, 0) is 31.5 Å². The van der Waals surface area contributed by atoms with Crippen LogP contribution in [0.1, 0.15) is 27.6 Å². The number of aryl methyl sites for hydroxylation is 2. The highest BCUT2D eigenvalue weighted by molar-refractivity contribution is 6.32. The molecule has 0 aliphatic heterocycles. The fourth-order valence-corrected chi connectivity index (χ4v) is 2.91. The zero-order chi connectivity index (χ0) is 19.4. The molecule has 0 N–H and O–H groups in total. The van der Waals surface area contributed by atoms with Gasteiger partial charge < -0.3 is 4.90 Å². The van der Waals surface area contributed by atoms with Crippen molar-refractivity contribution in [2.75, 3.05) is 6.54 Å². The number of para-hydroxylation sites is 1. The van der Waals surface area contributed by atoms with E-state index in [4.69, 9.17) is 18.0 Å². The van der Waals surface area contributed by atoms with Crippen LogP contribution < -0.4 is 0 Å². The standard InChI is InChI=1S/C21H19ClN4O/c1-4-13-25(14-17-11-9-15(2)10-12-17)21(27)20-23-16(3)26(24-20)19-8-6-5-7-18(19)22/h1,5-12H,13-14H2,2-3H3. The Bertz CT molecular complexity index is 1000. The molecule has 0 bridgehead atoms. The van der Waals surface area contributed by atoms with Crippen molar-refractivity contribution in [3.63, 3.8) is 0 Å². The molecule has 3 rings (SSSR count). The number of carbonyl (C=O) groups is 1. The van der Waals surface area contributed by atoms with Crippen LogP contribution in [-0.4, -0.2) is 32.1 Å². The first kappa shape index (κ1) is 18.7. The van der Waals surface area contributed by atoms with Gasteiger partial charge in [-0.15, -0.1) is 11.5 Å². The zero-order valence-corrected chi connectivity index (χ0v) is 15.9. The molecule has 3 aromatic rings. The minimum atomic E-state index is -0.317. The molecule has 0 fully saturated rings. The normalized spacial score (nSPS) is 10.4. The van der Waals surface area contributed by atoms with Gasteiger partial charge in [0.2, 0.25) is 5.82 Å². The van der Waals surface area contributed by atoms with Crippen LogP contribution in [0.5, 0.6) is 0 Å². The average Bonchev–Trinajstić information content (AvgIpc) is 3.04. The summed E-state index contributed by atoms with van der Waals surface area (Å²) in [6.45, 7) is 4.36. The number of rotatable bonds is 5. The number of amides is 1. The van der Waals surface area contributed by atoms with Crippen LogP contribution in [0.15, 0.2) is 48.5 Å². The molecule has 1 heterocycles. The van der Waals surface area contributed by atoms with Crippen LogP contribution in [0.3, 0.4) is 0 Å². The molecule has 5 nitrogen and oxygen atoms in total. The summed E-state index contributed by atoms with van der Waals surface area (Å²) in [6, 6.07) is 15.2. The highest BCUT2D eigenvalue weighted by Crippen LogP contribution is 2.20. The smallest absolute Gasteiger partial charge is 0.294 e. The van der Waals surface area contributed by atoms with E-state index in [-0.39, 0.29) is 18.3 Å². The van der Waals surface area contributed by atoms with E-state index in [1.807, 2.05) is 49.4 Å². The van der Waals surface area contributed by atoms with Crippen LogP contribution in [-0.2, 0) is 6.54 Å². The fourth-order valence-electron chi connectivity index (χ4n) is 2.70. The summed E-state index contributed by atoms with van der Waals surface area (Å²) in [5.74, 6) is 2.88. The largest absolute Gasteiger partial charge is 0.320 e. The topological polar surface area (TPSA) is 51.0 Å². The summed E-state index contributed by atoms with van der Waals surface area (Å²) in [6.07, 6.45) is 5.46. The molecular weight excluding hydrogens is 360 g/mol.